The van der Waals surface area contributed by atoms with Crippen LogP contribution in [0.25, 0.3) is 0 Å². The van der Waals surface area contributed by atoms with Gasteiger partial charge in [-0.3, -0.25) is 9.69 Å². The van der Waals surface area contributed by atoms with Crippen molar-refractivity contribution in [1.82, 2.24) is 4.90 Å². The van der Waals surface area contributed by atoms with Crippen LogP contribution in [0.5, 0.6) is 0 Å². The highest BCUT2D eigenvalue weighted by Gasteiger charge is 2.75. The van der Waals surface area contributed by atoms with Gasteiger partial charge in [0, 0.05) is 24.2 Å². The highest BCUT2D eigenvalue weighted by Crippen LogP contribution is 2.66. The molecule has 2 saturated heterocycles. The molecule has 5 nitrogen and oxygen atoms in total. The zero-order valence-electron chi connectivity index (χ0n) is 12.6. The first-order valence-corrected chi connectivity index (χ1v) is 8.23. The third-order valence-corrected chi connectivity index (χ3v) is 7.04. The van der Waals surface area contributed by atoms with Gasteiger partial charge in [-0.2, -0.15) is 0 Å². The fraction of sp³-hybridized carbons (Fsp3) is 0.938. The molecule has 0 aromatic carbocycles. The molecule has 4 rings (SSSR count). The van der Waals surface area contributed by atoms with Crippen LogP contribution in [0.4, 0.5) is 0 Å². The molecule has 21 heavy (non-hydrogen) atoms. The Hall–Kier alpha value is -0.490. The van der Waals surface area contributed by atoms with E-state index in [2.05, 4.69) is 4.90 Å². The molecule has 2 heterocycles. The number of nitrogens with zero attached hydrogens (tertiary/aromatic N) is 1. The first-order chi connectivity index (χ1) is 9.86. The monoisotopic (exact) mass is 295 g/mol. The van der Waals surface area contributed by atoms with Gasteiger partial charge in [0.25, 0.3) is 0 Å². The van der Waals surface area contributed by atoms with Crippen LogP contribution in [0.3, 0.4) is 0 Å². The smallest absolute Gasteiger partial charge is 0.154 e. The van der Waals surface area contributed by atoms with E-state index < -0.39 is 28.8 Å². The van der Waals surface area contributed by atoms with E-state index in [4.69, 9.17) is 0 Å². The Morgan fingerprint density at radius 1 is 1.19 bits per heavy atom. The Balaban J connectivity index is 1.89. The molecule has 0 amide bonds. The maximum atomic E-state index is 12.9. The molecule has 0 radical (unpaired) electrons. The van der Waals surface area contributed by atoms with E-state index in [1.54, 1.807) is 6.92 Å². The maximum absolute atomic E-state index is 12.9. The summed E-state index contributed by atoms with van der Waals surface area (Å²) < 4.78 is 0. The molecule has 2 spiro atoms. The second kappa shape index (κ2) is 4.07. The van der Waals surface area contributed by atoms with Crippen molar-refractivity contribution < 1.29 is 20.1 Å². The summed E-state index contributed by atoms with van der Waals surface area (Å²) in [5.41, 5.74) is -2.44. The lowest BCUT2D eigenvalue weighted by Crippen LogP contribution is -2.71. The van der Waals surface area contributed by atoms with E-state index in [-0.39, 0.29) is 18.1 Å². The van der Waals surface area contributed by atoms with Crippen LogP contribution in [0, 0.1) is 11.3 Å². The van der Waals surface area contributed by atoms with Crippen LogP contribution in [0.1, 0.15) is 45.4 Å². The average Bonchev–Trinajstić information content (AvgIpc) is 2.96. The van der Waals surface area contributed by atoms with Gasteiger partial charge in [-0.25, -0.2) is 0 Å². The molecule has 4 fully saturated rings. The molecule has 2 saturated carbocycles. The Bertz CT molecular complexity index is 493. The Morgan fingerprint density at radius 2 is 1.86 bits per heavy atom. The SMILES string of the molecule is C[C@@]1(O)C[C@H](O)[C@@]23CCCN4CCC[C@@]42C(=O)C[C@H]3[C@H]1O. The number of ketones is 1. The van der Waals surface area contributed by atoms with Crippen LogP contribution in [-0.4, -0.2) is 62.4 Å². The molecule has 6 atom stereocenters. The van der Waals surface area contributed by atoms with Crippen LogP contribution in [-0.2, 0) is 4.79 Å². The number of hydrogen-bond acceptors (Lipinski definition) is 5. The lowest BCUT2D eigenvalue weighted by molar-refractivity contribution is -0.229. The summed E-state index contributed by atoms with van der Waals surface area (Å²) in [6.07, 6.45) is 2.34. The first-order valence-electron chi connectivity index (χ1n) is 8.23. The summed E-state index contributed by atoms with van der Waals surface area (Å²) in [7, 11) is 0. The van der Waals surface area contributed by atoms with Gasteiger partial charge in [0.05, 0.1) is 23.3 Å². The van der Waals surface area contributed by atoms with Gasteiger partial charge < -0.3 is 15.3 Å². The van der Waals surface area contributed by atoms with Crippen LogP contribution >= 0.6 is 0 Å². The minimum atomic E-state index is -1.30. The van der Waals surface area contributed by atoms with Gasteiger partial charge in [0.15, 0.2) is 5.78 Å². The second-order valence-corrected chi connectivity index (χ2v) is 7.85. The van der Waals surface area contributed by atoms with Gasteiger partial charge in [-0.05, 0) is 45.7 Å². The van der Waals surface area contributed by atoms with Crippen molar-refractivity contribution in [3.63, 3.8) is 0 Å². The molecule has 118 valence electrons. The predicted molar refractivity (Wildman–Crippen MR) is 75.6 cm³/mol. The summed E-state index contributed by atoms with van der Waals surface area (Å²) >= 11 is 0. The predicted octanol–water partition coefficient (Wildman–Crippen LogP) is 0.0667. The second-order valence-electron chi connectivity index (χ2n) is 7.85. The Labute approximate surface area is 124 Å². The Kier molecular flexibility index (Phi) is 2.74. The average molecular weight is 295 g/mol. The summed E-state index contributed by atoms with van der Waals surface area (Å²) in [4.78, 5) is 15.2. The van der Waals surface area contributed by atoms with E-state index in [9.17, 15) is 20.1 Å². The van der Waals surface area contributed by atoms with E-state index in [1.165, 1.54) is 0 Å². The molecule has 0 aromatic rings. The van der Waals surface area contributed by atoms with Gasteiger partial charge >= 0.3 is 0 Å². The van der Waals surface area contributed by atoms with E-state index >= 15 is 0 Å². The molecule has 3 N–H and O–H groups in total. The Morgan fingerprint density at radius 3 is 2.57 bits per heavy atom. The topological polar surface area (TPSA) is 81.0 Å². The third-order valence-electron chi connectivity index (χ3n) is 7.04. The largest absolute Gasteiger partial charge is 0.392 e. The number of aliphatic hydroxyl groups excluding tert-OH is 2. The highest BCUT2D eigenvalue weighted by atomic mass is 16.3. The summed E-state index contributed by atoms with van der Waals surface area (Å²) in [6, 6.07) is 0. The van der Waals surface area contributed by atoms with Crippen molar-refractivity contribution in [2.45, 2.75) is 68.8 Å². The van der Waals surface area contributed by atoms with Crippen LogP contribution < -0.4 is 0 Å². The third kappa shape index (κ3) is 1.39. The maximum Gasteiger partial charge on any atom is 0.154 e. The number of piperidine rings is 1. The molecule has 4 aliphatic rings. The lowest BCUT2D eigenvalue weighted by Gasteiger charge is -2.60. The summed E-state index contributed by atoms with van der Waals surface area (Å²) in [5, 5.41) is 32.0. The van der Waals surface area contributed by atoms with Crippen molar-refractivity contribution in [3.05, 3.63) is 0 Å². The fourth-order valence-electron chi connectivity index (χ4n) is 6.30. The highest BCUT2D eigenvalue weighted by molar-refractivity contribution is 5.93. The van der Waals surface area contributed by atoms with Gasteiger partial charge in [0.2, 0.25) is 0 Å². The molecule has 5 heteroatoms. The van der Waals surface area contributed by atoms with Crippen molar-refractivity contribution in [2.75, 3.05) is 13.1 Å². The number of aliphatic hydroxyl groups is 3. The molecule has 2 aliphatic carbocycles. The van der Waals surface area contributed by atoms with Gasteiger partial charge in [-0.1, -0.05) is 0 Å². The van der Waals surface area contributed by atoms with Gasteiger partial charge in [-0.15, -0.1) is 0 Å². The number of hydrogen-bond donors (Lipinski definition) is 3. The summed E-state index contributed by atoms with van der Waals surface area (Å²) in [6.45, 7) is 3.41. The number of rotatable bonds is 0. The molecule has 2 aliphatic heterocycles. The van der Waals surface area contributed by atoms with Crippen LogP contribution in [0.15, 0.2) is 0 Å². The standard InChI is InChI=1S/C16H25NO4/c1-14(21)9-12(19)15-4-2-6-17-7-3-5-16(15,17)11(18)8-10(15)13(14)20/h10,12-13,19-21H,2-9H2,1H3/t10-,12-,13+,14+,15-,16-/m0/s1. The van der Waals surface area contributed by atoms with Crippen molar-refractivity contribution >= 4 is 5.78 Å². The first kappa shape index (κ1) is 14.1. The molecular formula is C16H25NO4. The lowest BCUT2D eigenvalue weighted by atomic mass is 9.52. The minimum absolute atomic E-state index is 0.160. The van der Waals surface area contributed by atoms with Crippen LogP contribution in [0.2, 0.25) is 0 Å². The molecule has 0 bridgehead atoms. The molecular weight excluding hydrogens is 270 g/mol. The van der Waals surface area contributed by atoms with Gasteiger partial charge in [0.1, 0.15) is 0 Å². The molecule has 0 aromatic heterocycles. The van der Waals surface area contributed by atoms with Crippen molar-refractivity contribution in [1.29, 1.82) is 0 Å². The number of Topliss-reactive ketones (excluding diaryl/α,β-unsaturated/α-hetero) is 1. The quantitative estimate of drug-likeness (QED) is 0.589. The van der Waals surface area contributed by atoms with E-state index in [1.807, 2.05) is 0 Å². The summed E-state index contributed by atoms with van der Waals surface area (Å²) in [5.74, 6) is -0.134. The number of carbonyl (C=O) groups excluding carboxylic acids is 1. The minimum Gasteiger partial charge on any atom is -0.392 e. The number of carbonyl (C=O) groups is 1. The van der Waals surface area contributed by atoms with Crippen molar-refractivity contribution in [3.8, 4) is 0 Å². The van der Waals surface area contributed by atoms with E-state index in [0.717, 1.165) is 38.8 Å². The zero-order chi connectivity index (χ0) is 15.0. The van der Waals surface area contributed by atoms with E-state index in [0.29, 0.717) is 6.42 Å². The zero-order valence-corrected chi connectivity index (χ0v) is 12.6. The normalized spacial score (nSPS) is 57.0. The fourth-order valence-corrected chi connectivity index (χ4v) is 6.30. The molecule has 0 unspecified atom stereocenters. The van der Waals surface area contributed by atoms with Crippen molar-refractivity contribution in [2.24, 2.45) is 11.3 Å².